The number of amides is 1. The Hall–Kier alpha value is -0.650. The van der Waals surface area contributed by atoms with Crippen LogP contribution >= 0.6 is 0 Å². The largest absolute Gasteiger partial charge is 0.396 e. The molecule has 2 aliphatic rings. The highest BCUT2D eigenvalue weighted by molar-refractivity contribution is 5.78. The van der Waals surface area contributed by atoms with Crippen LogP contribution < -0.4 is 5.32 Å². The Morgan fingerprint density at radius 2 is 2.22 bits per heavy atom. The molecule has 2 rings (SSSR count). The Balaban J connectivity index is 1.79. The number of aliphatic hydroxyl groups is 1. The molecule has 0 aromatic carbocycles. The molecule has 18 heavy (non-hydrogen) atoms. The molecule has 1 aliphatic carbocycles. The van der Waals surface area contributed by atoms with Gasteiger partial charge in [0.05, 0.1) is 26.4 Å². The highest BCUT2D eigenvalue weighted by Crippen LogP contribution is 2.37. The Bertz CT molecular complexity index is 292. The molecule has 104 valence electrons. The van der Waals surface area contributed by atoms with Crippen molar-refractivity contribution < 1.29 is 14.6 Å². The summed E-state index contributed by atoms with van der Waals surface area (Å²) in [5, 5.41) is 12.5. The van der Waals surface area contributed by atoms with E-state index in [1.54, 1.807) is 0 Å². The summed E-state index contributed by atoms with van der Waals surface area (Å²) in [6.07, 6.45) is 3.05. The van der Waals surface area contributed by atoms with Gasteiger partial charge in [-0.15, -0.1) is 0 Å². The van der Waals surface area contributed by atoms with Gasteiger partial charge >= 0.3 is 0 Å². The predicted octanol–water partition coefficient (Wildman–Crippen LogP) is -0.0141. The van der Waals surface area contributed by atoms with E-state index in [0.717, 1.165) is 32.4 Å². The minimum atomic E-state index is -0.138. The van der Waals surface area contributed by atoms with E-state index in [1.807, 2.05) is 0 Å². The number of carbonyl (C=O) groups is 1. The molecular formula is C13H24N2O3. The molecule has 0 bridgehead atoms. The average Bonchev–Trinajstić information content (AvgIpc) is 2.73. The van der Waals surface area contributed by atoms with Crippen LogP contribution in [0, 0.1) is 5.41 Å². The van der Waals surface area contributed by atoms with Gasteiger partial charge in [-0.3, -0.25) is 9.69 Å². The predicted molar refractivity (Wildman–Crippen MR) is 68.2 cm³/mol. The molecule has 1 aliphatic heterocycles. The van der Waals surface area contributed by atoms with Crippen LogP contribution in [0.5, 0.6) is 0 Å². The van der Waals surface area contributed by atoms with Crippen LogP contribution in [0.3, 0.4) is 0 Å². The summed E-state index contributed by atoms with van der Waals surface area (Å²) in [6, 6.07) is 0.121. The van der Waals surface area contributed by atoms with E-state index in [1.165, 1.54) is 0 Å². The second-order valence-electron chi connectivity index (χ2n) is 5.71. The maximum atomic E-state index is 12.0. The van der Waals surface area contributed by atoms with E-state index in [-0.39, 0.29) is 24.0 Å². The van der Waals surface area contributed by atoms with Gasteiger partial charge < -0.3 is 15.2 Å². The molecule has 1 heterocycles. The van der Waals surface area contributed by atoms with Crippen molar-refractivity contribution >= 4 is 5.91 Å². The second-order valence-corrected chi connectivity index (χ2v) is 5.71. The van der Waals surface area contributed by atoms with Gasteiger partial charge in [-0.25, -0.2) is 0 Å². The lowest BCUT2D eigenvalue weighted by Crippen LogP contribution is -2.49. The lowest BCUT2D eigenvalue weighted by molar-refractivity contribution is -0.124. The molecule has 1 amide bonds. The molecule has 2 fully saturated rings. The zero-order valence-corrected chi connectivity index (χ0v) is 11.2. The van der Waals surface area contributed by atoms with Gasteiger partial charge in [0.15, 0.2) is 0 Å². The fourth-order valence-corrected chi connectivity index (χ4v) is 2.87. The van der Waals surface area contributed by atoms with Gasteiger partial charge in [-0.2, -0.15) is 0 Å². The summed E-state index contributed by atoms with van der Waals surface area (Å²) < 4.78 is 5.26. The molecule has 0 radical (unpaired) electrons. The van der Waals surface area contributed by atoms with Crippen LogP contribution in [0.25, 0.3) is 0 Å². The zero-order valence-electron chi connectivity index (χ0n) is 11.2. The van der Waals surface area contributed by atoms with Crippen molar-refractivity contribution in [3.63, 3.8) is 0 Å². The SMILES string of the molecule is CC1(CO)CCCC1NC(=O)CN1CCOCC1. The van der Waals surface area contributed by atoms with E-state index < -0.39 is 0 Å². The van der Waals surface area contributed by atoms with E-state index in [9.17, 15) is 9.90 Å². The van der Waals surface area contributed by atoms with Crippen molar-refractivity contribution in [2.45, 2.75) is 32.2 Å². The Morgan fingerprint density at radius 1 is 1.50 bits per heavy atom. The number of hydrogen-bond donors (Lipinski definition) is 2. The molecule has 1 saturated heterocycles. The number of hydrogen-bond acceptors (Lipinski definition) is 4. The topological polar surface area (TPSA) is 61.8 Å². The molecule has 2 N–H and O–H groups in total. The standard InChI is InChI=1S/C13H24N2O3/c1-13(10-16)4-2-3-11(13)14-12(17)9-15-5-7-18-8-6-15/h11,16H,2-10H2,1H3,(H,14,17). The maximum Gasteiger partial charge on any atom is 0.234 e. The summed E-state index contributed by atoms with van der Waals surface area (Å²) in [7, 11) is 0. The molecule has 5 nitrogen and oxygen atoms in total. The van der Waals surface area contributed by atoms with Gasteiger partial charge in [-0.1, -0.05) is 13.3 Å². The summed E-state index contributed by atoms with van der Waals surface area (Å²) >= 11 is 0. The van der Waals surface area contributed by atoms with Crippen molar-refractivity contribution in [3.05, 3.63) is 0 Å². The third-order valence-electron chi connectivity index (χ3n) is 4.25. The number of morpholine rings is 1. The lowest BCUT2D eigenvalue weighted by Gasteiger charge is -2.31. The first-order valence-electron chi connectivity index (χ1n) is 6.84. The fraction of sp³-hybridized carbons (Fsp3) is 0.923. The molecule has 2 atom stereocenters. The van der Waals surface area contributed by atoms with Gasteiger partial charge in [0.25, 0.3) is 0 Å². The normalized spacial score (nSPS) is 33.6. The number of carbonyl (C=O) groups excluding carboxylic acids is 1. The van der Waals surface area contributed by atoms with Crippen molar-refractivity contribution in [3.8, 4) is 0 Å². The summed E-state index contributed by atoms with van der Waals surface area (Å²) in [4.78, 5) is 14.1. The van der Waals surface area contributed by atoms with E-state index in [0.29, 0.717) is 19.8 Å². The number of rotatable bonds is 4. The van der Waals surface area contributed by atoms with Crippen LogP contribution in [-0.4, -0.2) is 61.4 Å². The molecule has 0 spiro atoms. The van der Waals surface area contributed by atoms with Gasteiger partial charge in [-0.05, 0) is 12.8 Å². The van der Waals surface area contributed by atoms with E-state index in [2.05, 4.69) is 17.1 Å². The lowest BCUT2D eigenvalue weighted by atomic mass is 9.86. The van der Waals surface area contributed by atoms with Crippen molar-refractivity contribution in [2.75, 3.05) is 39.5 Å². The first-order valence-corrected chi connectivity index (χ1v) is 6.84. The highest BCUT2D eigenvalue weighted by atomic mass is 16.5. The van der Waals surface area contributed by atoms with Gasteiger partial charge in [0.2, 0.25) is 5.91 Å². The quantitative estimate of drug-likeness (QED) is 0.742. The molecule has 2 unspecified atom stereocenters. The van der Waals surface area contributed by atoms with Crippen LogP contribution in [0.15, 0.2) is 0 Å². The number of ether oxygens (including phenoxy) is 1. The number of nitrogens with zero attached hydrogens (tertiary/aromatic N) is 1. The first kappa shape index (κ1) is 13.8. The van der Waals surface area contributed by atoms with Crippen LogP contribution in [0.1, 0.15) is 26.2 Å². The molecule has 0 aromatic heterocycles. The number of aliphatic hydroxyl groups excluding tert-OH is 1. The van der Waals surface area contributed by atoms with Gasteiger partial charge in [0.1, 0.15) is 0 Å². The average molecular weight is 256 g/mol. The summed E-state index contributed by atoms with van der Waals surface area (Å²) in [5.41, 5.74) is -0.138. The van der Waals surface area contributed by atoms with E-state index in [4.69, 9.17) is 4.74 Å². The maximum absolute atomic E-state index is 12.0. The van der Waals surface area contributed by atoms with Crippen molar-refractivity contribution in [1.82, 2.24) is 10.2 Å². The van der Waals surface area contributed by atoms with Crippen molar-refractivity contribution in [1.29, 1.82) is 0 Å². The Kier molecular flexibility index (Phi) is 4.59. The van der Waals surface area contributed by atoms with Gasteiger partial charge in [0, 0.05) is 24.5 Å². The zero-order chi connectivity index (χ0) is 13.0. The number of nitrogens with one attached hydrogen (secondary N) is 1. The second kappa shape index (κ2) is 5.99. The fourth-order valence-electron chi connectivity index (χ4n) is 2.87. The monoisotopic (exact) mass is 256 g/mol. The van der Waals surface area contributed by atoms with E-state index >= 15 is 0 Å². The van der Waals surface area contributed by atoms with Crippen LogP contribution in [0.4, 0.5) is 0 Å². The highest BCUT2D eigenvalue weighted by Gasteiger charge is 2.39. The first-order chi connectivity index (χ1) is 8.64. The minimum Gasteiger partial charge on any atom is -0.396 e. The summed E-state index contributed by atoms with van der Waals surface area (Å²) in [6.45, 7) is 5.73. The Labute approximate surface area is 108 Å². The third-order valence-corrected chi connectivity index (χ3v) is 4.25. The third kappa shape index (κ3) is 3.22. The van der Waals surface area contributed by atoms with Crippen LogP contribution in [0.2, 0.25) is 0 Å². The smallest absolute Gasteiger partial charge is 0.234 e. The minimum absolute atomic E-state index is 0.0727. The van der Waals surface area contributed by atoms with Crippen molar-refractivity contribution in [2.24, 2.45) is 5.41 Å². The Morgan fingerprint density at radius 3 is 2.89 bits per heavy atom. The summed E-state index contributed by atoms with van der Waals surface area (Å²) in [5.74, 6) is 0.0727. The van der Waals surface area contributed by atoms with Crippen LogP contribution in [-0.2, 0) is 9.53 Å². The molecular weight excluding hydrogens is 232 g/mol. The molecule has 0 aromatic rings. The molecule has 1 saturated carbocycles. The molecule has 5 heteroatoms.